The Hall–Kier alpha value is -1.52. The molecule has 1 N–H and O–H groups in total. The maximum atomic E-state index is 4.56. The molecule has 0 radical (unpaired) electrons. The van der Waals surface area contributed by atoms with Gasteiger partial charge in [0.15, 0.2) is 5.96 Å². The lowest BCUT2D eigenvalue weighted by molar-refractivity contribution is 0.386. The van der Waals surface area contributed by atoms with Gasteiger partial charge < -0.3 is 10.2 Å². The zero-order valence-corrected chi connectivity index (χ0v) is 15.1. The quantitative estimate of drug-likeness (QED) is 0.643. The van der Waals surface area contributed by atoms with E-state index >= 15 is 0 Å². The maximum Gasteiger partial charge on any atom is 0.193 e. The van der Waals surface area contributed by atoms with Crippen LogP contribution in [0.4, 0.5) is 0 Å². The molecule has 2 heterocycles. The van der Waals surface area contributed by atoms with E-state index in [4.69, 9.17) is 0 Å². The van der Waals surface area contributed by atoms with Crippen molar-refractivity contribution in [1.82, 2.24) is 20.0 Å². The molecular weight excluding hydrogens is 298 g/mol. The van der Waals surface area contributed by atoms with E-state index in [2.05, 4.69) is 26.5 Å². The smallest absolute Gasteiger partial charge is 0.193 e. The van der Waals surface area contributed by atoms with Crippen molar-refractivity contribution in [2.45, 2.75) is 38.5 Å². The monoisotopic (exact) mass is 329 g/mol. The number of aliphatic imine (C=N–C) groups is 1. The van der Waals surface area contributed by atoms with Crippen LogP contribution < -0.4 is 5.32 Å². The molecule has 0 unspecified atom stereocenters. The van der Waals surface area contributed by atoms with Gasteiger partial charge in [-0.3, -0.25) is 9.67 Å². The fourth-order valence-corrected chi connectivity index (χ4v) is 4.41. The van der Waals surface area contributed by atoms with Crippen molar-refractivity contribution in [2.75, 3.05) is 26.7 Å². The lowest BCUT2D eigenvalue weighted by Gasteiger charge is -2.24. The second-order valence-corrected chi connectivity index (χ2v) is 8.09. The Kier molecular flexibility index (Phi) is 4.51. The van der Waals surface area contributed by atoms with Crippen LogP contribution in [-0.4, -0.2) is 47.3 Å². The molecule has 5 nitrogen and oxygen atoms in total. The van der Waals surface area contributed by atoms with Gasteiger partial charge in [-0.1, -0.05) is 0 Å². The standard InChI is InChI=1S/C19H31N5/c1-20-19(21-11-18(16-3-4-16)17-5-6-17)24-8-7-14(13-24)9-15-10-22-23(2)12-15/h10,12,14,16-18H,3-9,11,13H2,1-2H3,(H,20,21)/t14-/m0/s1. The van der Waals surface area contributed by atoms with Gasteiger partial charge in [0.1, 0.15) is 0 Å². The molecule has 1 saturated heterocycles. The summed E-state index contributed by atoms with van der Waals surface area (Å²) in [6.45, 7) is 3.37. The minimum Gasteiger partial charge on any atom is -0.356 e. The number of aromatic nitrogens is 2. The predicted molar refractivity (Wildman–Crippen MR) is 96.9 cm³/mol. The molecule has 1 aromatic heterocycles. The fraction of sp³-hybridized carbons (Fsp3) is 0.789. The summed E-state index contributed by atoms with van der Waals surface area (Å²) in [7, 11) is 3.92. The highest BCUT2D eigenvalue weighted by Crippen LogP contribution is 2.48. The van der Waals surface area contributed by atoms with Crippen molar-refractivity contribution >= 4 is 5.96 Å². The topological polar surface area (TPSA) is 45.5 Å². The van der Waals surface area contributed by atoms with E-state index < -0.39 is 0 Å². The van der Waals surface area contributed by atoms with E-state index in [1.807, 2.05) is 25.0 Å². The Morgan fingerprint density at radius 3 is 2.62 bits per heavy atom. The third-order valence-electron chi connectivity index (χ3n) is 6.03. The van der Waals surface area contributed by atoms with Crippen molar-refractivity contribution in [3.63, 3.8) is 0 Å². The van der Waals surface area contributed by atoms with Gasteiger partial charge in [-0.2, -0.15) is 5.10 Å². The van der Waals surface area contributed by atoms with E-state index in [-0.39, 0.29) is 0 Å². The lowest BCUT2D eigenvalue weighted by Crippen LogP contribution is -2.42. The minimum absolute atomic E-state index is 0.718. The number of guanidine groups is 1. The van der Waals surface area contributed by atoms with E-state index in [0.29, 0.717) is 0 Å². The highest BCUT2D eigenvalue weighted by Gasteiger charge is 2.41. The highest BCUT2D eigenvalue weighted by atomic mass is 15.3. The third-order valence-corrected chi connectivity index (χ3v) is 6.03. The molecule has 24 heavy (non-hydrogen) atoms. The lowest BCUT2D eigenvalue weighted by atomic mass is 9.98. The van der Waals surface area contributed by atoms with Gasteiger partial charge in [-0.15, -0.1) is 0 Å². The number of rotatable bonds is 6. The molecule has 1 aromatic rings. The number of nitrogens with zero attached hydrogens (tertiary/aromatic N) is 4. The van der Waals surface area contributed by atoms with Gasteiger partial charge in [0, 0.05) is 39.9 Å². The number of likely N-dealkylation sites (tertiary alicyclic amines) is 1. The first-order valence-electron chi connectivity index (χ1n) is 9.66. The SMILES string of the molecule is CN=C(NCC(C1CC1)C1CC1)N1CC[C@@H](Cc2cnn(C)c2)C1. The van der Waals surface area contributed by atoms with Gasteiger partial charge >= 0.3 is 0 Å². The molecule has 2 saturated carbocycles. The molecule has 0 spiro atoms. The minimum atomic E-state index is 0.718. The largest absolute Gasteiger partial charge is 0.356 e. The summed E-state index contributed by atoms with van der Waals surface area (Å²) in [5.41, 5.74) is 1.36. The average molecular weight is 329 g/mol. The molecule has 3 aliphatic rings. The maximum absolute atomic E-state index is 4.56. The van der Waals surface area contributed by atoms with Gasteiger partial charge in [0.2, 0.25) is 0 Å². The molecule has 4 rings (SSSR count). The van der Waals surface area contributed by atoms with Crippen LogP contribution in [0.15, 0.2) is 17.4 Å². The van der Waals surface area contributed by atoms with E-state index in [1.165, 1.54) is 37.7 Å². The van der Waals surface area contributed by atoms with Crippen LogP contribution in [0.2, 0.25) is 0 Å². The number of aryl methyl sites for hydroxylation is 1. The Balaban J connectivity index is 1.27. The molecule has 132 valence electrons. The molecular formula is C19H31N5. The number of hydrogen-bond acceptors (Lipinski definition) is 2. The van der Waals surface area contributed by atoms with Crippen molar-refractivity contribution in [1.29, 1.82) is 0 Å². The van der Waals surface area contributed by atoms with Gasteiger partial charge in [0.05, 0.1) is 6.20 Å². The Morgan fingerprint density at radius 1 is 1.29 bits per heavy atom. The summed E-state index contributed by atoms with van der Waals surface area (Å²) >= 11 is 0. The first-order chi connectivity index (χ1) is 11.7. The Bertz CT molecular complexity index is 572. The van der Waals surface area contributed by atoms with Crippen molar-refractivity contribution in [2.24, 2.45) is 35.7 Å². The van der Waals surface area contributed by atoms with Crippen LogP contribution in [-0.2, 0) is 13.5 Å². The van der Waals surface area contributed by atoms with Gasteiger partial charge in [-0.05, 0) is 67.8 Å². The highest BCUT2D eigenvalue weighted by molar-refractivity contribution is 5.80. The molecule has 1 atom stereocenters. The van der Waals surface area contributed by atoms with Crippen molar-refractivity contribution < 1.29 is 0 Å². The van der Waals surface area contributed by atoms with Gasteiger partial charge in [-0.25, -0.2) is 0 Å². The number of hydrogen-bond donors (Lipinski definition) is 1. The molecule has 5 heteroatoms. The van der Waals surface area contributed by atoms with E-state index in [9.17, 15) is 0 Å². The zero-order chi connectivity index (χ0) is 16.5. The summed E-state index contributed by atoms with van der Waals surface area (Å²) in [6, 6.07) is 0. The first-order valence-corrected chi connectivity index (χ1v) is 9.66. The van der Waals surface area contributed by atoms with Crippen LogP contribution >= 0.6 is 0 Å². The number of nitrogens with one attached hydrogen (secondary N) is 1. The Labute approximate surface area is 145 Å². The summed E-state index contributed by atoms with van der Waals surface area (Å²) in [6.07, 6.45) is 12.4. The van der Waals surface area contributed by atoms with Crippen LogP contribution in [0.3, 0.4) is 0 Å². The van der Waals surface area contributed by atoms with Crippen LogP contribution in [0.1, 0.15) is 37.7 Å². The summed E-state index contributed by atoms with van der Waals surface area (Å²) in [5.74, 6) is 4.74. The van der Waals surface area contributed by atoms with Crippen LogP contribution in [0, 0.1) is 23.7 Å². The molecule has 3 fully saturated rings. The summed E-state index contributed by atoms with van der Waals surface area (Å²) in [4.78, 5) is 7.02. The van der Waals surface area contributed by atoms with Crippen molar-refractivity contribution in [3.05, 3.63) is 18.0 Å². The van der Waals surface area contributed by atoms with Crippen LogP contribution in [0.5, 0.6) is 0 Å². The molecule has 0 aromatic carbocycles. The van der Waals surface area contributed by atoms with E-state index in [0.717, 1.165) is 55.7 Å². The zero-order valence-electron chi connectivity index (χ0n) is 15.1. The fourth-order valence-electron chi connectivity index (χ4n) is 4.41. The molecule has 1 aliphatic heterocycles. The second kappa shape index (κ2) is 6.77. The predicted octanol–water partition coefficient (Wildman–Crippen LogP) is 2.30. The summed E-state index contributed by atoms with van der Waals surface area (Å²) in [5, 5.41) is 7.99. The van der Waals surface area contributed by atoms with Crippen LogP contribution in [0.25, 0.3) is 0 Å². The molecule has 2 aliphatic carbocycles. The Morgan fingerprint density at radius 2 is 2.04 bits per heavy atom. The average Bonchev–Trinajstić information content (AvgIpc) is 3.50. The molecule has 0 bridgehead atoms. The second-order valence-electron chi connectivity index (χ2n) is 8.09. The molecule has 0 amide bonds. The normalized spacial score (nSPS) is 24.9. The summed E-state index contributed by atoms with van der Waals surface area (Å²) < 4.78 is 1.90. The van der Waals surface area contributed by atoms with Crippen molar-refractivity contribution in [3.8, 4) is 0 Å². The third kappa shape index (κ3) is 3.76. The van der Waals surface area contributed by atoms with E-state index in [1.54, 1.807) is 0 Å². The van der Waals surface area contributed by atoms with Gasteiger partial charge in [0.25, 0.3) is 0 Å². The first kappa shape index (κ1) is 16.0.